The van der Waals surface area contributed by atoms with Gasteiger partial charge in [-0.2, -0.15) is 0 Å². The van der Waals surface area contributed by atoms with E-state index in [4.69, 9.17) is 16.0 Å². The molecule has 0 N–H and O–H groups in total. The molecular formula is C22H22ClN3O3. The van der Waals surface area contributed by atoms with Gasteiger partial charge in [-0.05, 0) is 36.2 Å². The number of fused-ring (bicyclic) bond motifs is 1. The predicted octanol–water partition coefficient (Wildman–Crippen LogP) is 3.88. The summed E-state index contributed by atoms with van der Waals surface area (Å²) >= 11 is 5.93. The van der Waals surface area contributed by atoms with Gasteiger partial charge in [0.25, 0.3) is 0 Å². The van der Waals surface area contributed by atoms with E-state index in [1.165, 1.54) is 0 Å². The largest absolute Gasteiger partial charge is 0.439 e. The Bertz CT molecular complexity index is 998. The van der Waals surface area contributed by atoms with Crippen LogP contribution in [0.1, 0.15) is 24.3 Å². The van der Waals surface area contributed by atoms with Gasteiger partial charge < -0.3 is 14.2 Å². The van der Waals surface area contributed by atoms with Crippen LogP contribution in [-0.2, 0) is 22.7 Å². The Morgan fingerprint density at radius 2 is 2.00 bits per heavy atom. The normalized spacial score (nSPS) is 17.0. The fourth-order valence-electron chi connectivity index (χ4n) is 3.66. The van der Waals surface area contributed by atoms with E-state index in [1.54, 1.807) is 16.8 Å². The number of carbonyl (C=O) groups is 2. The Balaban J connectivity index is 1.40. The van der Waals surface area contributed by atoms with Crippen molar-refractivity contribution in [3.8, 4) is 0 Å². The van der Waals surface area contributed by atoms with Crippen molar-refractivity contribution in [3.63, 3.8) is 0 Å². The number of rotatable bonds is 5. The van der Waals surface area contributed by atoms with Crippen molar-refractivity contribution in [1.29, 1.82) is 0 Å². The standard InChI is InChI=1S/C22H22ClN3O3/c1-25(14-20-24-18-4-2-3-5-19(18)29-20)22(28)16-8-11-21(27)26(13-16)12-15-6-9-17(23)10-7-15/h2-7,9-10,16H,8,11-14H2,1H3. The second-order valence-electron chi connectivity index (χ2n) is 7.41. The van der Waals surface area contributed by atoms with Crippen molar-refractivity contribution < 1.29 is 14.0 Å². The Labute approximate surface area is 174 Å². The van der Waals surface area contributed by atoms with E-state index >= 15 is 0 Å². The van der Waals surface area contributed by atoms with Crippen molar-refractivity contribution in [1.82, 2.24) is 14.8 Å². The van der Waals surface area contributed by atoms with E-state index in [9.17, 15) is 9.59 Å². The minimum atomic E-state index is -0.227. The third-order valence-corrected chi connectivity index (χ3v) is 5.47. The second-order valence-corrected chi connectivity index (χ2v) is 7.84. The number of nitrogens with zero attached hydrogens (tertiary/aromatic N) is 3. The molecule has 1 aromatic heterocycles. The summed E-state index contributed by atoms with van der Waals surface area (Å²) < 4.78 is 5.72. The SMILES string of the molecule is CN(Cc1nc2ccccc2o1)C(=O)C1CCC(=O)N(Cc2ccc(Cl)cc2)C1. The topological polar surface area (TPSA) is 66.7 Å². The molecule has 0 aliphatic carbocycles. The van der Waals surface area contributed by atoms with Crippen LogP contribution in [0.3, 0.4) is 0 Å². The summed E-state index contributed by atoms with van der Waals surface area (Å²) in [6, 6.07) is 14.9. The van der Waals surface area contributed by atoms with E-state index in [1.807, 2.05) is 48.5 Å². The highest BCUT2D eigenvalue weighted by molar-refractivity contribution is 6.30. The van der Waals surface area contributed by atoms with E-state index in [-0.39, 0.29) is 17.7 Å². The molecule has 1 aliphatic heterocycles. The number of carbonyl (C=O) groups excluding carboxylic acids is 2. The maximum absolute atomic E-state index is 13.0. The van der Waals surface area contributed by atoms with Gasteiger partial charge in [-0.15, -0.1) is 0 Å². The molecule has 1 atom stereocenters. The monoisotopic (exact) mass is 411 g/mol. The van der Waals surface area contributed by atoms with Gasteiger partial charge in [0.05, 0.1) is 12.5 Å². The van der Waals surface area contributed by atoms with Crippen LogP contribution >= 0.6 is 11.6 Å². The number of likely N-dealkylation sites (tertiary alicyclic amines) is 1. The van der Waals surface area contributed by atoms with Crippen LogP contribution in [0.25, 0.3) is 11.1 Å². The first-order chi connectivity index (χ1) is 14.0. The summed E-state index contributed by atoms with van der Waals surface area (Å²) in [6.45, 7) is 1.20. The molecule has 4 rings (SSSR count). The molecule has 150 valence electrons. The first-order valence-corrected chi connectivity index (χ1v) is 9.99. The summed E-state index contributed by atoms with van der Waals surface area (Å²) in [5.74, 6) is 0.354. The Hall–Kier alpha value is -2.86. The summed E-state index contributed by atoms with van der Waals surface area (Å²) in [5, 5.41) is 0.660. The smallest absolute Gasteiger partial charge is 0.227 e. The molecule has 2 amide bonds. The molecular weight excluding hydrogens is 390 g/mol. The molecule has 0 saturated carbocycles. The van der Waals surface area contributed by atoms with Crippen LogP contribution in [0.15, 0.2) is 52.9 Å². The van der Waals surface area contributed by atoms with Crippen molar-refractivity contribution in [3.05, 3.63) is 65.0 Å². The minimum Gasteiger partial charge on any atom is -0.439 e. The number of amides is 2. The van der Waals surface area contributed by atoms with Gasteiger partial charge in [-0.25, -0.2) is 4.98 Å². The second kappa shape index (κ2) is 8.25. The lowest BCUT2D eigenvalue weighted by Crippen LogP contribution is -2.45. The summed E-state index contributed by atoms with van der Waals surface area (Å²) in [6.07, 6.45) is 0.938. The van der Waals surface area contributed by atoms with Crippen LogP contribution in [0, 0.1) is 5.92 Å². The number of hydrogen-bond acceptors (Lipinski definition) is 4. The first kappa shape index (κ1) is 19.5. The molecule has 0 bridgehead atoms. The maximum Gasteiger partial charge on any atom is 0.227 e. The first-order valence-electron chi connectivity index (χ1n) is 9.61. The third-order valence-electron chi connectivity index (χ3n) is 5.22. The fourth-order valence-corrected chi connectivity index (χ4v) is 3.79. The van der Waals surface area contributed by atoms with Gasteiger partial charge in [-0.3, -0.25) is 9.59 Å². The summed E-state index contributed by atoms with van der Waals surface area (Å²) in [5.41, 5.74) is 2.48. The number of benzene rings is 2. The highest BCUT2D eigenvalue weighted by Crippen LogP contribution is 2.23. The molecule has 7 heteroatoms. The van der Waals surface area contributed by atoms with E-state index in [0.717, 1.165) is 11.1 Å². The molecule has 29 heavy (non-hydrogen) atoms. The van der Waals surface area contributed by atoms with Crippen molar-refractivity contribution in [2.24, 2.45) is 5.92 Å². The Kier molecular flexibility index (Phi) is 5.53. The quantitative estimate of drug-likeness (QED) is 0.639. The fraction of sp³-hybridized carbons (Fsp3) is 0.318. The van der Waals surface area contributed by atoms with Crippen LogP contribution in [0.4, 0.5) is 0 Å². The molecule has 6 nitrogen and oxygen atoms in total. The van der Waals surface area contributed by atoms with Crippen molar-refractivity contribution in [2.75, 3.05) is 13.6 Å². The van der Waals surface area contributed by atoms with Crippen LogP contribution in [0.2, 0.25) is 5.02 Å². The van der Waals surface area contributed by atoms with Gasteiger partial charge in [0.1, 0.15) is 5.52 Å². The lowest BCUT2D eigenvalue weighted by molar-refractivity contribution is -0.143. The highest BCUT2D eigenvalue weighted by atomic mass is 35.5. The molecule has 3 aromatic rings. The van der Waals surface area contributed by atoms with E-state index in [2.05, 4.69) is 4.98 Å². The van der Waals surface area contributed by atoms with Gasteiger partial charge in [0.2, 0.25) is 17.7 Å². The van der Waals surface area contributed by atoms with Crippen LogP contribution < -0.4 is 0 Å². The van der Waals surface area contributed by atoms with E-state index < -0.39 is 0 Å². The van der Waals surface area contributed by atoms with Gasteiger partial charge in [-0.1, -0.05) is 35.9 Å². The zero-order valence-electron chi connectivity index (χ0n) is 16.2. The molecule has 0 radical (unpaired) electrons. The summed E-state index contributed by atoms with van der Waals surface area (Å²) in [7, 11) is 1.75. The summed E-state index contributed by atoms with van der Waals surface area (Å²) in [4.78, 5) is 33.1. The molecule has 0 spiro atoms. The number of piperidine rings is 1. The zero-order chi connectivity index (χ0) is 20.4. The molecule has 2 heterocycles. The molecule has 1 unspecified atom stereocenters. The van der Waals surface area contributed by atoms with Crippen LogP contribution in [-0.4, -0.2) is 40.2 Å². The van der Waals surface area contributed by atoms with E-state index in [0.29, 0.717) is 49.0 Å². The average Bonchev–Trinajstić information content (AvgIpc) is 3.13. The average molecular weight is 412 g/mol. The number of aromatic nitrogens is 1. The van der Waals surface area contributed by atoms with Gasteiger partial charge in [0, 0.05) is 31.6 Å². The molecule has 1 fully saturated rings. The third kappa shape index (κ3) is 4.43. The molecule has 2 aromatic carbocycles. The highest BCUT2D eigenvalue weighted by Gasteiger charge is 2.32. The Morgan fingerprint density at radius 1 is 1.24 bits per heavy atom. The maximum atomic E-state index is 13.0. The number of hydrogen-bond donors (Lipinski definition) is 0. The number of oxazole rings is 1. The van der Waals surface area contributed by atoms with Crippen LogP contribution in [0.5, 0.6) is 0 Å². The van der Waals surface area contributed by atoms with Gasteiger partial charge in [0.15, 0.2) is 5.58 Å². The van der Waals surface area contributed by atoms with Crippen molar-refractivity contribution >= 4 is 34.5 Å². The lowest BCUT2D eigenvalue weighted by atomic mass is 9.95. The minimum absolute atomic E-state index is 0.000798. The van der Waals surface area contributed by atoms with Gasteiger partial charge >= 0.3 is 0 Å². The molecule has 1 aliphatic rings. The van der Waals surface area contributed by atoms with Crippen molar-refractivity contribution in [2.45, 2.75) is 25.9 Å². The zero-order valence-corrected chi connectivity index (χ0v) is 16.9. The number of para-hydroxylation sites is 2. The number of halogens is 1. The Morgan fingerprint density at radius 3 is 2.76 bits per heavy atom. The lowest BCUT2D eigenvalue weighted by Gasteiger charge is -2.33. The predicted molar refractivity (Wildman–Crippen MR) is 110 cm³/mol. The molecule has 1 saturated heterocycles.